The average molecular weight is 489 g/mol. The highest BCUT2D eigenvalue weighted by Crippen LogP contribution is 2.30. The van der Waals surface area contributed by atoms with Crippen molar-refractivity contribution in [2.75, 3.05) is 12.8 Å². The first-order valence-electron chi connectivity index (χ1n) is 8.84. The minimum atomic E-state index is -0.111. The molecule has 0 aliphatic rings. The van der Waals surface area contributed by atoms with Gasteiger partial charge in [-0.3, -0.25) is 4.79 Å². The molecule has 148 valence electrons. The molecule has 1 amide bonds. The summed E-state index contributed by atoms with van der Waals surface area (Å²) in [5.41, 5.74) is 1.78. The zero-order chi connectivity index (χ0) is 20.4. The Labute approximate surface area is 184 Å². The lowest BCUT2D eigenvalue weighted by Gasteiger charge is -2.22. The summed E-state index contributed by atoms with van der Waals surface area (Å²) in [7, 11) is 1.79. The van der Waals surface area contributed by atoms with Crippen LogP contribution in [0.25, 0.3) is 21.7 Å². The first-order valence-corrected chi connectivity index (χ1v) is 11.4. The number of hydrogen-bond donors (Lipinski definition) is 0. The lowest BCUT2D eigenvalue weighted by molar-refractivity contribution is -0.128. The van der Waals surface area contributed by atoms with Crippen LogP contribution in [0.5, 0.6) is 0 Å². The summed E-state index contributed by atoms with van der Waals surface area (Å²) in [5.74, 6) is 0.618. The number of hydrogen-bond acceptors (Lipinski definition) is 7. The van der Waals surface area contributed by atoms with Gasteiger partial charge in [0.1, 0.15) is 5.01 Å². The Balaban J connectivity index is 1.39. The highest BCUT2D eigenvalue weighted by atomic mass is 79.9. The SMILES string of the molecule is C[C@@H](c1nc2ccccc2s1)N(C)C(=O)CSc1nnc(-c2cccc(Br)c2)o1. The molecule has 0 N–H and O–H groups in total. The molecule has 6 nitrogen and oxygen atoms in total. The first kappa shape index (κ1) is 20.1. The van der Waals surface area contributed by atoms with Crippen molar-refractivity contribution < 1.29 is 9.21 Å². The van der Waals surface area contributed by atoms with Crippen LogP contribution in [0.4, 0.5) is 0 Å². The molecule has 0 bridgehead atoms. The zero-order valence-electron chi connectivity index (χ0n) is 15.7. The van der Waals surface area contributed by atoms with E-state index in [0.717, 1.165) is 25.3 Å². The molecule has 0 radical (unpaired) electrons. The summed E-state index contributed by atoms with van der Waals surface area (Å²) in [5, 5.41) is 9.39. The van der Waals surface area contributed by atoms with Crippen LogP contribution in [0.15, 0.2) is 62.6 Å². The quantitative estimate of drug-likeness (QED) is 0.337. The van der Waals surface area contributed by atoms with E-state index in [9.17, 15) is 4.79 Å². The summed E-state index contributed by atoms with van der Waals surface area (Å²) in [6, 6.07) is 15.5. The topological polar surface area (TPSA) is 72.1 Å². The molecule has 0 saturated heterocycles. The fraction of sp³-hybridized carbons (Fsp3) is 0.200. The van der Waals surface area contributed by atoms with Gasteiger partial charge in [0.15, 0.2) is 0 Å². The number of halogens is 1. The highest BCUT2D eigenvalue weighted by molar-refractivity contribution is 9.10. The van der Waals surface area contributed by atoms with E-state index in [2.05, 4.69) is 31.1 Å². The molecule has 0 aliphatic carbocycles. The molecule has 0 saturated carbocycles. The molecule has 4 aromatic rings. The maximum atomic E-state index is 12.7. The smallest absolute Gasteiger partial charge is 0.277 e. The minimum absolute atomic E-state index is 0.0241. The molecule has 29 heavy (non-hydrogen) atoms. The second-order valence-electron chi connectivity index (χ2n) is 6.37. The van der Waals surface area contributed by atoms with Crippen molar-refractivity contribution >= 4 is 55.2 Å². The number of nitrogens with zero attached hydrogens (tertiary/aromatic N) is 4. The number of para-hydroxylation sites is 1. The minimum Gasteiger partial charge on any atom is -0.411 e. The number of carbonyl (C=O) groups is 1. The molecule has 0 fully saturated rings. The van der Waals surface area contributed by atoms with Crippen molar-refractivity contribution in [2.45, 2.75) is 18.2 Å². The van der Waals surface area contributed by atoms with E-state index in [-0.39, 0.29) is 17.7 Å². The molecule has 1 atom stereocenters. The number of thiazole rings is 1. The zero-order valence-corrected chi connectivity index (χ0v) is 18.9. The van der Waals surface area contributed by atoms with Gasteiger partial charge in [-0.2, -0.15) is 0 Å². The van der Waals surface area contributed by atoms with Gasteiger partial charge >= 0.3 is 0 Å². The van der Waals surface area contributed by atoms with Gasteiger partial charge < -0.3 is 9.32 Å². The van der Waals surface area contributed by atoms with Gasteiger partial charge in [0.25, 0.3) is 5.22 Å². The van der Waals surface area contributed by atoms with Gasteiger partial charge in [0.2, 0.25) is 11.8 Å². The van der Waals surface area contributed by atoms with Gasteiger partial charge in [-0.25, -0.2) is 4.98 Å². The maximum Gasteiger partial charge on any atom is 0.277 e. The number of benzene rings is 2. The Hall–Kier alpha value is -2.23. The predicted octanol–water partition coefficient (Wildman–Crippen LogP) is 5.42. The standard InChI is InChI=1S/C20H17BrN4O2S2/c1-12(19-22-15-8-3-4-9-16(15)29-19)25(2)17(26)11-28-20-24-23-18(27-20)13-6-5-7-14(21)10-13/h3-10,12H,11H2,1-2H3/t12-/m0/s1. The Morgan fingerprint density at radius 3 is 2.86 bits per heavy atom. The lowest BCUT2D eigenvalue weighted by Crippen LogP contribution is -2.31. The number of thioether (sulfide) groups is 1. The normalized spacial score (nSPS) is 12.2. The van der Waals surface area contributed by atoms with Gasteiger partial charge in [-0.05, 0) is 37.3 Å². The van der Waals surface area contributed by atoms with Crippen molar-refractivity contribution in [2.24, 2.45) is 0 Å². The maximum absolute atomic E-state index is 12.7. The van der Waals surface area contributed by atoms with Crippen molar-refractivity contribution in [3.63, 3.8) is 0 Å². The Morgan fingerprint density at radius 1 is 1.24 bits per heavy atom. The predicted molar refractivity (Wildman–Crippen MR) is 119 cm³/mol. The van der Waals surface area contributed by atoms with Crippen molar-refractivity contribution in [1.29, 1.82) is 0 Å². The van der Waals surface area contributed by atoms with Crippen LogP contribution in [0.1, 0.15) is 18.0 Å². The van der Waals surface area contributed by atoms with E-state index < -0.39 is 0 Å². The van der Waals surface area contributed by atoms with E-state index in [1.807, 2.05) is 55.5 Å². The third-order valence-corrected chi connectivity index (χ3v) is 6.94. The third kappa shape index (κ3) is 4.52. The van der Waals surface area contributed by atoms with Crippen LogP contribution >= 0.6 is 39.0 Å². The Bertz CT molecular complexity index is 1130. The van der Waals surface area contributed by atoms with E-state index in [0.29, 0.717) is 11.1 Å². The largest absolute Gasteiger partial charge is 0.411 e. The van der Waals surface area contributed by atoms with Crippen LogP contribution in [0, 0.1) is 0 Å². The molecule has 2 aromatic heterocycles. The summed E-state index contributed by atoms with van der Waals surface area (Å²) >= 11 is 6.27. The number of carbonyl (C=O) groups excluding carboxylic acids is 1. The fourth-order valence-corrected chi connectivity index (χ4v) is 4.83. The van der Waals surface area contributed by atoms with Gasteiger partial charge in [-0.15, -0.1) is 21.5 Å². The molecular weight excluding hydrogens is 472 g/mol. The first-order chi connectivity index (χ1) is 14.0. The van der Waals surface area contributed by atoms with Crippen LogP contribution in [-0.2, 0) is 4.79 Å². The van der Waals surface area contributed by atoms with E-state index in [4.69, 9.17) is 4.42 Å². The van der Waals surface area contributed by atoms with E-state index in [1.165, 1.54) is 11.8 Å². The van der Waals surface area contributed by atoms with Crippen LogP contribution in [0.2, 0.25) is 0 Å². The van der Waals surface area contributed by atoms with Crippen molar-refractivity contribution in [3.05, 3.63) is 58.0 Å². The molecule has 0 spiro atoms. The van der Waals surface area contributed by atoms with Crippen molar-refractivity contribution in [3.8, 4) is 11.5 Å². The van der Waals surface area contributed by atoms with E-state index >= 15 is 0 Å². The fourth-order valence-electron chi connectivity index (χ4n) is 2.68. The molecule has 0 aliphatic heterocycles. The van der Waals surface area contributed by atoms with Gasteiger partial charge in [0.05, 0.1) is 22.0 Å². The molecule has 4 rings (SSSR count). The van der Waals surface area contributed by atoms with Crippen LogP contribution < -0.4 is 0 Å². The molecule has 0 unspecified atom stereocenters. The lowest BCUT2D eigenvalue weighted by atomic mass is 10.2. The van der Waals surface area contributed by atoms with Gasteiger partial charge in [-0.1, -0.05) is 45.9 Å². The number of rotatable bonds is 6. The molecule has 2 aromatic carbocycles. The van der Waals surface area contributed by atoms with Crippen molar-refractivity contribution in [1.82, 2.24) is 20.1 Å². The number of aromatic nitrogens is 3. The van der Waals surface area contributed by atoms with Crippen LogP contribution in [-0.4, -0.2) is 38.8 Å². The Morgan fingerprint density at radius 2 is 2.07 bits per heavy atom. The number of fused-ring (bicyclic) bond motifs is 1. The molecular formula is C20H17BrN4O2S2. The summed E-state index contributed by atoms with van der Waals surface area (Å²) in [4.78, 5) is 19.0. The monoisotopic (exact) mass is 488 g/mol. The third-order valence-electron chi connectivity index (χ3n) is 4.44. The Kier molecular flexibility index (Phi) is 5.98. The average Bonchev–Trinajstić information content (AvgIpc) is 3.38. The summed E-state index contributed by atoms with van der Waals surface area (Å²) in [6.07, 6.45) is 0. The highest BCUT2D eigenvalue weighted by Gasteiger charge is 2.21. The molecule has 2 heterocycles. The van der Waals surface area contributed by atoms with E-state index in [1.54, 1.807) is 23.3 Å². The second-order valence-corrected chi connectivity index (χ2v) is 9.28. The van der Waals surface area contributed by atoms with Gasteiger partial charge in [0, 0.05) is 17.1 Å². The van der Waals surface area contributed by atoms with Crippen LogP contribution in [0.3, 0.4) is 0 Å². The summed E-state index contributed by atoms with van der Waals surface area (Å²) < 4.78 is 7.73. The second kappa shape index (κ2) is 8.64. The number of amides is 1. The molecule has 9 heteroatoms. The summed E-state index contributed by atoms with van der Waals surface area (Å²) in [6.45, 7) is 1.98.